The summed E-state index contributed by atoms with van der Waals surface area (Å²) < 4.78 is 0. The van der Waals surface area contributed by atoms with Gasteiger partial charge in [-0.2, -0.15) is 0 Å². The first-order valence-corrected chi connectivity index (χ1v) is 9.52. The van der Waals surface area contributed by atoms with Crippen molar-refractivity contribution in [3.63, 3.8) is 0 Å². The quantitative estimate of drug-likeness (QED) is 0.410. The molecular weight excluding hydrogens is 284 g/mol. The number of hydrogen-bond acceptors (Lipinski definition) is 2. The van der Waals surface area contributed by atoms with E-state index in [0.29, 0.717) is 17.3 Å². The Morgan fingerprint density at radius 2 is 2.04 bits per heavy atom. The van der Waals surface area contributed by atoms with Crippen LogP contribution >= 0.6 is 0 Å². The van der Waals surface area contributed by atoms with Gasteiger partial charge in [0.1, 0.15) is 6.29 Å². The van der Waals surface area contributed by atoms with E-state index in [4.69, 9.17) is 0 Å². The van der Waals surface area contributed by atoms with Crippen LogP contribution in [-0.2, 0) is 4.79 Å². The molecule has 126 valence electrons. The number of fused-ring (bicyclic) bond motifs is 5. The molecule has 1 unspecified atom stereocenters. The minimum atomic E-state index is -0.0667. The Labute approximate surface area is 140 Å². The van der Waals surface area contributed by atoms with Crippen LogP contribution < -0.4 is 0 Å². The highest BCUT2D eigenvalue weighted by atomic mass is 16.2. The summed E-state index contributed by atoms with van der Waals surface area (Å²) in [5, 5.41) is 9.63. The van der Waals surface area contributed by atoms with Crippen molar-refractivity contribution in [3.05, 3.63) is 23.5 Å². The molecule has 0 heterocycles. The maximum Gasteiger partial charge on any atom is 0.127 e. The van der Waals surface area contributed by atoms with E-state index in [-0.39, 0.29) is 11.3 Å². The Kier molecular flexibility index (Phi) is 3.52. The van der Waals surface area contributed by atoms with Crippen LogP contribution in [0.4, 0.5) is 0 Å². The number of carbonyl (C=O) groups excluding carboxylic acids is 1. The molecule has 2 heteroatoms. The Bertz CT molecular complexity index is 574. The minimum absolute atomic E-state index is 0.0633. The van der Waals surface area contributed by atoms with Crippen molar-refractivity contribution in [2.24, 2.45) is 34.5 Å². The molecule has 0 amide bonds. The fourth-order valence-corrected chi connectivity index (χ4v) is 7.00. The summed E-state index contributed by atoms with van der Waals surface area (Å²) >= 11 is 0. The summed E-state index contributed by atoms with van der Waals surface area (Å²) in [5.41, 5.74) is 3.19. The first-order chi connectivity index (χ1) is 11.0. The van der Waals surface area contributed by atoms with Crippen molar-refractivity contribution in [2.45, 2.75) is 65.2 Å². The van der Waals surface area contributed by atoms with Gasteiger partial charge in [-0.1, -0.05) is 31.9 Å². The van der Waals surface area contributed by atoms with E-state index in [1.807, 2.05) is 0 Å². The third-order valence-corrected chi connectivity index (χ3v) is 8.32. The van der Waals surface area contributed by atoms with Crippen molar-refractivity contribution in [3.8, 4) is 0 Å². The predicted molar refractivity (Wildman–Crippen MR) is 92.0 cm³/mol. The standard InChI is InChI=1S/C21H30O2/c1-20-9-4-3-5-15(20)6-7-16-17(20)8-10-21(2)18(16)11-14(12-22)19(21)13-23/h6,12-13,16-19,22H,3-5,7-11H2,1-2H3/t16-,17+,18+,19?,20+,21+/m1/s1. The lowest BCUT2D eigenvalue weighted by Gasteiger charge is -2.57. The lowest BCUT2D eigenvalue weighted by atomic mass is 9.47. The Morgan fingerprint density at radius 3 is 2.78 bits per heavy atom. The molecule has 3 fully saturated rings. The lowest BCUT2D eigenvalue weighted by Crippen LogP contribution is -2.49. The number of aldehydes is 1. The summed E-state index contributed by atoms with van der Waals surface area (Å²) in [6.45, 7) is 4.83. The molecule has 0 aromatic heterocycles. The molecule has 0 aromatic carbocycles. The van der Waals surface area contributed by atoms with Crippen molar-refractivity contribution in [2.75, 3.05) is 0 Å². The zero-order valence-electron chi connectivity index (χ0n) is 14.6. The molecule has 6 atom stereocenters. The van der Waals surface area contributed by atoms with Crippen LogP contribution in [0, 0.1) is 34.5 Å². The third-order valence-electron chi connectivity index (χ3n) is 8.32. The van der Waals surface area contributed by atoms with Gasteiger partial charge in [-0.05, 0) is 79.1 Å². The van der Waals surface area contributed by atoms with Crippen LogP contribution in [-0.4, -0.2) is 11.4 Å². The second-order valence-corrected chi connectivity index (χ2v) is 9.03. The average Bonchev–Trinajstić information content (AvgIpc) is 2.85. The molecular formula is C21H30O2. The van der Waals surface area contributed by atoms with Crippen LogP contribution in [0.15, 0.2) is 23.5 Å². The molecule has 23 heavy (non-hydrogen) atoms. The summed E-state index contributed by atoms with van der Waals surface area (Å²) in [6, 6.07) is 0. The SMILES string of the molecule is C[C@]12CCCCC1=CC[C@@H]1[C@@H]2CC[C@]2(C)C(C=O)C(=CO)C[C@@H]12. The first-order valence-electron chi connectivity index (χ1n) is 9.52. The Hall–Kier alpha value is -1.05. The molecule has 0 aromatic rings. The minimum Gasteiger partial charge on any atom is -0.516 e. The van der Waals surface area contributed by atoms with Crippen LogP contribution in [0.25, 0.3) is 0 Å². The normalized spacial score (nSPS) is 50.7. The summed E-state index contributed by atoms with van der Waals surface area (Å²) in [6.07, 6.45) is 14.8. The van der Waals surface area contributed by atoms with Gasteiger partial charge in [-0.3, -0.25) is 0 Å². The average molecular weight is 314 g/mol. The molecule has 4 rings (SSSR count). The second-order valence-electron chi connectivity index (χ2n) is 9.03. The van der Waals surface area contributed by atoms with E-state index in [2.05, 4.69) is 19.9 Å². The fraction of sp³-hybridized carbons (Fsp3) is 0.762. The van der Waals surface area contributed by atoms with Crippen LogP contribution in [0.2, 0.25) is 0 Å². The van der Waals surface area contributed by atoms with Gasteiger partial charge in [0.25, 0.3) is 0 Å². The van der Waals surface area contributed by atoms with E-state index in [0.717, 1.165) is 30.6 Å². The van der Waals surface area contributed by atoms with Crippen molar-refractivity contribution in [1.29, 1.82) is 0 Å². The lowest BCUT2D eigenvalue weighted by molar-refractivity contribution is -0.116. The van der Waals surface area contributed by atoms with E-state index < -0.39 is 0 Å². The predicted octanol–water partition coefficient (Wildman–Crippen LogP) is 5.21. The molecule has 0 radical (unpaired) electrons. The van der Waals surface area contributed by atoms with Crippen molar-refractivity contribution in [1.82, 2.24) is 0 Å². The highest BCUT2D eigenvalue weighted by Crippen LogP contribution is 2.66. The zero-order chi connectivity index (χ0) is 16.2. The number of allylic oxidation sites excluding steroid dienone is 3. The number of hydrogen-bond donors (Lipinski definition) is 1. The van der Waals surface area contributed by atoms with Crippen LogP contribution in [0.5, 0.6) is 0 Å². The largest absolute Gasteiger partial charge is 0.516 e. The van der Waals surface area contributed by atoms with Gasteiger partial charge in [0.15, 0.2) is 0 Å². The Morgan fingerprint density at radius 1 is 1.22 bits per heavy atom. The molecule has 4 aliphatic carbocycles. The highest BCUT2D eigenvalue weighted by molar-refractivity contribution is 5.62. The number of carbonyl (C=O) groups is 1. The maximum absolute atomic E-state index is 11.7. The summed E-state index contributed by atoms with van der Waals surface area (Å²) in [7, 11) is 0. The van der Waals surface area contributed by atoms with Gasteiger partial charge in [0, 0.05) is 5.92 Å². The van der Waals surface area contributed by atoms with E-state index in [1.165, 1.54) is 44.8 Å². The van der Waals surface area contributed by atoms with E-state index in [1.54, 1.807) is 5.57 Å². The third kappa shape index (κ3) is 1.96. The van der Waals surface area contributed by atoms with Crippen molar-refractivity contribution >= 4 is 6.29 Å². The van der Waals surface area contributed by atoms with Crippen LogP contribution in [0.3, 0.4) is 0 Å². The van der Waals surface area contributed by atoms with Gasteiger partial charge in [0.2, 0.25) is 0 Å². The zero-order valence-corrected chi connectivity index (χ0v) is 14.6. The second kappa shape index (κ2) is 5.22. The number of rotatable bonds is 1. The van der Waals surface area contributed by atoms with Gasteiger partial charge < -0.3 is 9.90 Å². The number of aliphatic hydroxyl groups is 1. The van der Waals surface area contributed by atoms with Gasteiger partial charge >= 0.3 is 0 Å². The molecule has 2 nitrogen and oxygen atoms in total. The number of aliphatic hydroxyl groups excluding tert-OH is 1. The molecule has 0 spiro atoms. The van der Waals surface area contributed by atoms with E-state index in [9.17, 15) is 9.90 Å². The summed E-state index contributed by atoms with van der Waals surface area (Å²) in [4.78, 5) is 11.7. The first kappa shape index (κ1) is 15.5. The molecule has 0 aliphatic heterocycles. The smallest absolute Gasteiger partial charge is 0.127 e. The van der Waals surface area contributed by atoms with Crippen molar-refractivity contribution < 1.29 is 9.90 Å². The fourth-order valence-electron chi connectivity index (χ4n) is 7.00. The molecule has 1 N–H and O–H groups in total. The highest BCUT2D eigenvalue weighted by Gasteiger charge is 2.59. The summed E-state index contributed by atoms with van der Waals surface area (Å²) in [5.74, 6) is 1.97. The molecule has 0 bridgehead atoms. The van der Waals surface area contributed by atoms with Gasteiger partial charge in [-0.15, -0.1) is 0 Å². The monoisotopic (exact) mass is 314 g/mol. The van der Waals surface area contributed by atoms with Crippen LogP contribution in [0.1, 0.15) is 65.2 Å². The molecule has 4 aliphatic rings. The van der Waals surface area contributed by atoms with E-state index >= 15 is 0 Å². The van der Waals surface area contributed by atoms with Gasteiger partial charge in [-0.25, -0.2) is 0 Å². The van der Waals surface area contributed by atoms with Gasteiger partial charge in [0.05, 0.1) is 6.26 Å². The maximum atomic E-state index is 11.7. The topological polar surface area (TPSA) is 37.3 Å². The molecule has 3 saturated carbocycles. The Balaban J connectivity index is 1.72. The molecule has 0 saturated heterocycles.